The minimum Gasteiger partial charge on any atom is -0.401 e. The Hall–Kier alpha value is -5.20. The summed E-state index contributed by atoms with van der Waals surface area (Å²) in [5, 5.41) is 6.45. The van der Waals surface area contributed by atoms with Gasteiger partial charge >= 0.3 is 0 Å². The summed E-state index contributed by atoms with van der Waals surface area (Å²) in [6.45, 7) is 87.7. The van der Waals surface area contributed by atoms with Gasteiger partial charge in [-0.05, 0) is 148 Å². The van der Waals surface area contributed by atoms with Crippen molar-refractivity contribution in [3.05, 3.63) is 311 Å². The van der Waals surface area contributed by atoms with Gasteiger partial charge in [-0.2, -0.15) is 44.8 Å². The van der Waals surface area contributed by atoms with Crippen molar-refractivity contribution >= 4 is 157 Å². The van der Waals surface area contributed by atoms with Crippen LogP contribution in [0.3, 0.4) is 0 Å². The predicted octanol–water partition coefficient (Wildman–Crippen LogP) is 33.1. The second kappa shape index (κ2) is 54.4. The van der Waals surface area contributed by atoms with Crippen LogP contribution < -0.4 is 39.9 Å². The Labute approximate surface area is 814 Å². The summed E-state index contributed by atoms with van der Waals surface area (Å²) in [5.74, 6) is 3.52. The third-order valence-corrected chi connectivity index (χ3v) is 60.4. The zero-order valence-corrected chi connectivity index (χ0v) is 101. The Morgan fingerprint density at radius 3 is 0.625 bits per heavy atom. The van der Waals surface area contributed by atoms with Gasteiger partial charge < -0.3 is 13.7 Å². The first-order chi connectivity index (χ1) is 59.1. The first-order valence-electron chi connectivity index (χ1n) is 47.3. The van der Waals surface area contributed by atoms with Gasteiger partial charge in [-0.3, -0.25) is 0 Å². The number of anilines is 3. The van der Waals surface area contributed by atoms with E-state index in [0.717, 1.165) is 0 Å². The summed E-state index contributed by atoms with van der Waals surface area (Å²) in [4.78, 5) is 0. The lowest BCUT2D eigenvalue weighted by Crippen LogP contribution is -2.52. The van der Waals surface area contributed by atoms with E-state index in [9.17, 15) is 0 Å². The van der Waals surface area contributed by atoms with Crippen LogP contribution in [0, 0.1) is 0 Å². The Morgan fingerprint density at radius 2 is 0.453 bits per heavy atom. The predicted molar refractivity (Wildman–Crippen MR) is 627 cm³/mol. The van der Waals surface area contributed by atoms with Crippen molar-refractivity contribution in [3.63, 3.8) is 0 Å². The highest BCUT2D eigenvalue weighted by molar-refractivity contribution is 8.31. The van der Waals surface area contributed by atoms with E-state index in [1.54, 1.807) is 5.46 Å². The lowest BCUT2D eigenvalue weighted by Gasteiger charge is -2.42. The van der Waals surface area contributed by atoms with E-state index in [-0.39, 0.29) is 5.04 Å². The van der Waals surface area contributed by atoms with E-state index in [0.29, 0.717) is 47.5 Å². The van der Waals surface area contributed by atoms with Gasteiger partial charge in [0.05, 0.1) is 8.07 Å². The third kappa shape index (κ3) is 37.9. The summed E-state index contributed by atoms with van der Waals surface area (Å²) in [6, 6.07) is 96.4. The highest BCUT2D eigenvalue weighted by Crippen LogP contribution is 2.42. The second-order valence-corrected chi connectivity index (χ2v) is 97.8. The van der Waals surface area contributed by atoms with Crippen LogP contribution in [-0.2, 0) is 5.04 Å². The van der Waals surface area contributed by atoms with Crippen molar-refractivity contribution in [1.82, 2.24) is 0 Å². The molecule has 3 nitrogen and oxygen atoms in total. The molecule has 10 aromatic carbocycles. The summed E-state index contributed by atoms with van der Waals surface area (Å²) in [7, 11) is -3.02. The molecule has 0 radical (unpaired) electrons. The largest absolute Gasteiger partial charge is 0.401 e. The number of para-hydroxylation sites is 3. The molecule has 0 amide bonds. The van der Waals surface area contributed by atoms with Gasteiger partial charge in [0.2, 0.25) is 0 Å². The fourth-order valence-electron chi connectivity index (χ4n) is 14.5. The van der Waals surface area contributed by atoms with Gasteiger partial charge in [0.1, 0.15) is 39.2 Å². The zero-order chi connectivity index (χ0) is 98.0. The van der Waals surface area contributed by atoms with Gasteiger partial charge in [-0.15, -0.1) is 0 Å². The number of rotatable bonds is 24. The Morgan fingerprint density at radius 1 is 0.258 bits per heavy atom. The van der Waals surface area contributed by atoms with Gasteiger partial charge in [0, 0.05) is 22.1 Å². The van der Waals surface area contributed by atoms with Crippen LogP contribution in [0.5, 0.6) is 0 Å². The lowest BCUT2D eigenvalue weighted by molar-refractivity contribution is 0.742. The maximum absolute atomic E-state index is 2.57. The molecule has 128 heavy (non-hydrogen) atoms. The summed E-state index contributed by atoms with van der Waals surface area (Å²) in [6.07, 6.45) is 8.83. The van der Waals surface area contributed by atoms with Gasteiger partial charge in [0.15, 0.2) is 21.2 Å². The summed E-state index contributed by atoms with van der Waals surface area (Å²) >= 11 is 8.08. The maximum atomic E-state index is 2.57. The Bertz CT molecular complexity index is 4200. The zero-order valence-electron chi connectivity index (χ0n) is 89.4. The monoisotopic (exact) mass is 1930 g/mol. The molecule has 0 bridgehead atoms. The Kier molecular flexibility index (Phi) is 50.5. The number of nitrogens with zero attached hydrogens (tertiary/aromatic N) is 3. The molecule has 0 saturated carbocycles. The first-order valence-corrected chi connectivity index (χ1v) is 80.9. The van der Waals surface area contributed by atoms with E-state index in [2.05, 4.69) is 575 Å². The van der Waals surface area contributed by atoms with Crippen molar-refractivity contribution in [2.24, 2.45) is 0 Å². The molecular weight excluding hydrogens is 1750 g/mol. The minimum absolute atomic E-state index is 0.162. The third-order valence-electron chi connectivity index (χ3n) is 25.2. The Balaban J connectivity index is 0.000000496. The minimum atomic E-state index is -1.56. The number of hydrogen-bond donors (Lipinski definition) is 0. The number of hydrogen-bond acceptors (Lipinski definition) is 7. The van der Waals surface area contributed by atoms with Crippen LogP contribution in [0.4, 0.5) is 17.1 Å². The molecule has 704 valence electrons. The molecule has 0 fully saturated rings. The molecular formula is C112H182BN3S4Si8. The molecule has 0 aromatic heterocycles. The average Bonchev–Trinajstić information content (AvgIpc) is 0.771. The normalized spacial score (nSPS) is 12.0. The van der Waals surface area contributed by atoms with E-state index < -0.39 is 61.7 Å². The standard InChI is InChI=1S/C17H29B.C17H22Si.2C16H29NSi.2C14H16SSi.C10H17NSi.2C4H12SSi/c1-12(2)14-10-9-11-15(13(3)4)16(14)18(8)17(5,6)7;1-17(18(2,3)4,15-11-7-5-8-12-15)16-13-9-6-10-14-16;2*1-12(2)14-10-9-11-15(13(3)4)16(14)17(5)18(6,7)8;2*1-15-16(2,13-9-5-3-6-10-13)14-11-7-4-8-12-14;1-11(12(2,3)4)10-8-6-5-7-9-10;2*1-5-6(2,3)4/h9-13H,1-8H3;5-14H,1-4H3;2*9-13H,1-8H3;2*3-12H,1-2H3;5-9H,1-4H3;2*1-4H3. The van der Waals surface area contributed by atoms with Crippen molar-refractivity contribution in [3.8, 4) is 0 Å². The smallest absolute Gasteiger partial charge is 0.179 e. The topological polar surface area (TPSA) is 9.72 Å². The molecule has 0 aliphatic rings. The van der Waals surface area contributed by atoms with Gasteiger partial charge in [-0.25, -0.2) is 0 Å². The molecule has 0 aliphatic heterocycles. The highest BCUT2D eigenvalue weighted by atomic mass is 32.4. The summed E-state index contributed by atoms with van der Waals surface area (Å²) in [5.41, 5.74) is 17.8. The molecule has 0 aliphatic carbocycles. The van der Waals surface area contributed by atoms with E-state index >= 15 is 0 Å². The molecule has 0 saturated heterocycles. The van der Waals surface area contributed by atoms with E-state index in [1.165, 1.54) is 82.3 Å². The molecule has 0 heterocycles. The molecule has 10 rings (SSSR count). The molecule has 0 spiro atoms. The quantitative estimate of drug-likeness (QED) is 0.0551. The second-order valence-electron chi connectivity index (χ2n) is 43.6. The van der Waals surface area contributed by atoms with Crippen molar-refractivity contribution < 1.29 is 0 Å². The maximum Gasteiger partial charge on any atom is 0.179 e. The van der Waals surface area contributed by atoms with Crippen LogP contribution in [0.25, 0.3) is 0 Å². The van der Waals surface area contributed by atoms with Crippen LogP contribution >= 0.6 is 44.8 Å². The molecule has 0 N–H and O–H groups in total. The summed E-state index contributed by atoms with van der Waals surface area (Å²) < 4.78 is 7.54. The fraction of sp³-hybridized carbons (Fsp3) is 0.464. The first kappa shape index (κ1) is 119. The van der Waals surface area contributed by atoms with Crippen LogP contribution in [0.2, 0.25) is 143 Å². The van der Waals surface area contributed by atoms with Crippen molar-refractivity contribution in [1.29, 1.82) is 0 Å². The van der Waals surface area contributed by atoms with E-state index in [4.69, 9.17) is 0 Å². The average molecular weight is 1930 g/mol. The van der Waals surface area contributed by atoms with E-state index in [1.807, 2.05) is 44.8 Å². The van der Waals surface area contributed by atoms with Crippen molar-refractivity contribution in [2.75, 3.05) is 59.9 Å². The van der Waals surface area contributed by atoms with Crippen LogP contribution in [0.15, 0.2) is 267 Å². The van der Waals surface area contributed by atoms with Gasteiger partial charge in [0.25, 0.3) is 0 Å². The van der Waals surface area contributed by atoms with Crippen LogP contribution in [-0.4, -0.2) is 115 Å². The highest BCUT2D eigenvalue weighted by Gasteiger charge is 2.42. The van der Waals surface area contributed by atoms with Crippen molar-refractivity contribution in [2.45, 2.75) is 294 Å². The molecule has 10 aromatic rings. The van der Waals surface area contributed by atoms with Gasteiger partial charge in [-0.1, -0.05) is 525 Å². The lowest BCUT2D eigenvalue weighted by atomic mass is 9.31. The molecule has 0 atom stereocenters. The molecule has 16 heteroatoms. The number of benzene rings is 10. The SMILES string of the molecule is CB(c1c(C(C)C)cccc1C(C)C)C(C)(C)C.CC(C)c1cccc(C(C)C)c1N(C)[Si](C)(C)C.CC(C)c1cccc(C(C)C)c1N(C)[Si](C)(C)C.CC(c1ccccc1)(c1ccccc1)[Si](C)(C)C.CN(c1ccccc1)[Si](C)(C)C.CS[Si](C)(C)C.CS[Si](C)(C)C.CS[Si](C)(c1ccccc1)c1ccccc1.CS[Si](C)(c1ccccc1)c1ccccc1. The van der Waals surface area contributed by atoms with Crippen LogP contribution in [0.1, 0.15) is 191 Å². The fourth-order valence-corrected chi connectivity index (χ4v) is 28.7. The molecule has 0 unspecified atom stereocenters.